The number of aromatic nitrogens is 2. The molecular weight excluding hydrogens is 661 g/mol. The van der Waals surface area contributed by atoms with Crippen LogP contribution < -0.4 is 14.4 Å². The number of rotatable bonds is 12. The number of anilines is 1. The summed E-state index contributed by atoms with van der Waals surface area (Å²) in [4.78, 5) is 28.5. The molecule has 1 amide bonds. The van der Waals surface area contributed by atoms with Crippen LogP contribution in [0.5, 0.6) is 11.5 Å². The lowest BCUT2D eigenvalue weighted by molar-refractivity contribution is -0.0246. The molecule has 15 heteroatoms. The van der Waals surface area contributed by atoms with Crippen molar-refractivity contribution in [3.8, 4) is 11.5 Å². The Kier molecular flexibility index (Phi) is 10.7. The largest absolute Gasteiger partial charge is 0.451 e. The van der Waals surface area contributed by atoms with Crippen LogP contribution >= 0.6 is 0 Å². The van der Waals surface area contributed by atoms with E-state index in [2.05, 4.69) is 24.5 Å². The molecule has 270 valence electrons. The second kappa shape index (κ2) is 14.7. The molecule has 4 aliphatic rings. The molecule has 1 aliphatic carbocycles. The van der Waals surface area contributed by atoms with Crippen molar-refractivity contribution in [2.45, 2.75) is 89.2 Å². The first kappa shape index (κ1) is 35.8. The van der Waals surface area contributed by atoms with E-state index in [0.717, 1.165) is 58.1 Å². The van der Waals surface area contributed by atoms with E-state index >= 15 is 0 Å². The number of sulfonamides is 1. The predicted molar refractivity (Wildman–Crippen MR) is 178 cm³/mol. The van der Waals surface area contributed by atoms with Gasteiger partial charge in [0.2, 0.25) is 16.4 Å². The van der Waals surface area contributed by atoms with Crippen molar-refractivity contribution >= 4 is 21.7 Å². The average molecular weight is 709 g/mol. The van der Waals surface area contributed by atoms with Crippen LogP contribution in [0.4, 0.5) is 19.0 Å². The molecule has 1 N–H and O–H groups in total. The number of nitrogens with zero attached hydrogens (tertiary/aromatic N) is 5. The summed E-state index contributed by atoms with van der Waals surface area (Å²) in [5, 5.41) is -0.495. The maximum absolute atomic E-state index is 14.5. The van der Waals surface area contributed by atoms with Crippen LogP contribution in [0.15, 0.2) is 30.7 Å². The fourth-order valence-electron chi connectivity index (χ4n) is 7.74. The highest BCUT2D eigenvalue weighted by molar-refractivity contribution is 7.90. The normalized spacial score (nSPS) is 25.7. The van der Waals surface area contributed by atoms with E-state index in [9.17, 15) is 26.4 Å². The molecule has 3 saturated heterocycles. The molecule has 0 radical (unpaired) electrons. The lowest BCUT2D eigenvalue weighted by Gasteiger charge is -2.54. The maximum atomic E-state index is 14.5. The molecule has 3 aliphatic heterocycles. The van der Waals surface area contributed by atoms with E-state index in [1.807, 2.05) is 13.8 Å². The van der Waals surface area contributed by atoms with Gasteiger partial charge < -0.3 is 24.2 Å². The van der Waals surface area contributed by atoms with Gasteiger partial charge in [-0.15, -0.1) is 0 Å². The summed E-state index contributed by atoms with van der Waals surface area (Å²) in [6.07, 6.45) is 4.31. The van der Waals surface area contributed by atoms with E-state index in [1.165, 1.54) is 24.7 Å². The maximum Gasteiger partial charge on any atom is 0.258 e. The minimum Gasteiger partial charge on any atom is -0.451 e. The number of carbonyl (C=O) groups excluding carboxylic acids is 1. The monoisotopic (exact) mass is 708 g/mol. The number of piperidine rings is 1. The summed E-state index contributed by atoms with van der Waals surface area (Å²) in [7, 11) is -3.34. The van der Waals surface area contributed by atoms with Crippen molar-refractivity contribution in [3.05, 3.63) is 42.1 Å². The summed E-state index contributed by atoms with van der Waals surface area (Å²) < 4.78 is 80.4. The molecule has 0 bridgehead atoms. The molecule has 1 spiro atoms. The van der Waals surface area contributed by atoms with Crippen LogP contribution in [0.2, 0.25) is 0 Å². The van der Waals surface area contributed by atoms with Gasteiger partial charge in [-0.05, 0) is 83.7 Å². The highest BCUT2D eigenvalue weighted by Gasteiger charge is 2.47. The van der Waals surface area contributed by atoms with Crippen molar-refractivity contribution in [3.63, 3.8) is 0 Å². The lowest BCUT2D eigenvalue weighted by Crippen LogP contribution is -2.61. The van der Waals surface area contributed by atoms with Crippen molar-refractivity contribution in [2.24, 2.45) is 11.3 Å². The smallest absolute Gasteiger partial charge is 0.258 e. The fraction of sp³-hybridized carbons (Fsp3) is 0.676. The number of hydrogen-bond donors (Lipinski definition) is 1. The third-order valence-corrected chi connectivity index (χ3v) is 12.5. The van der Waals surface area contributed by atoms with E-state index in [0.29, 0.717) is 24.5 Å². The summed E-state index contributed by atoms with van der Waals surface area (Å²) in [6, 6.07) is 3.14. The molecule has 0 unspecified atom stereocenters. The van der Waals surface area contributed by atoms with Gasteiger partial charge in [-0.25, -0.2) is 36.3 Å². The molecule has 4 heterocycles. The molecular formula is C34H47F3N6O5S. The lowest BCUT2D eigenvalue weighted by atomic mass is 9.72. The summed E-state index contributed by atoms with van der Waals surface area (Å²) in [5.41, 5.74) is 0.151. The van der Waals surface area contributed by atoms with Gasteiger partial charge in [-0.3, -0.25) is 4.79 Å². The first-order valence-corrected chi connectivity index (χ1v) is 18.9. The summed E-state index contributed by atoms with van der Waals surface area (Å²) in [5.74, 6) is -0.729. The van der Waals surface area contributed by atoms with Crippen LogP contribution in [0.25, 0.3) is 0 Å². The fourth-order valence-corrected chi connectivity index (χ4v) is 9.08. The van der Waals surface area contributed by atoms with Crippen LogP contribution in [0.1, 0.15) is 69.7 Å². The molecule has 2 aromatic rings. The first-order valence-electron chi connectivity index (χ1n) is 17.3. The summed E-state index contributed by atoms with van der Waals surface area (Å²) in [6.45, 7) is 10.2. The zero-order valence-corrected chi connectivity index (χ0v) is 29.2. The zero-order valence-electron chi connectivity index (χ0n) is 28.4. The van der Waals surface area contributed by atoms with Crippen molar-refractivity contribution in [1.82, 2.24) is 24.5 Å². The third-order valence-electron chi connectivity index (χ3n) is 10.6. The van der Waals surface area contributed by atoms with E-state index in [-0.39, 0.29) is 54.4 Å². The van der Waals surface area contributed by atoms with Gasteiger partial charge in [-0.1, -0.05) is 6.92 Å². The van der Waals surface area contributed by atoms with Crippen LogP contribution in [-0.2, 0) is 14.8 Å². The number of carbonyl (C=O) groups is 1. The average Bonchev–Trinajstić information content (AvgIpc) is 3.02. The van der Waals surface area contributed by atoms with Gasteiger partial charge in [0.05, 0.1) is 29.7 Å². The number of likely N-dealkylation sites (tertiary alicyclic amines) is 1. The van der Waals surface area contributed by atoms with Crippen molar-refractivity contribution in [1.29, 1.82) is 0 Å². The van der Waals surface area contributed by atoms with Crippen molar-refractivity contribution < 1.29 is 35.9 Å². The predicted octanol–water partition coefficient (Wildman–Crippen LogP) is 4.69. The minimum atomic E-state index is -3.34. The van der Waals surface area contributed by atoms with Gasteiger partial charge in [-0.2, -0.15) is 0 Å². The molecule has 49 heavy (non-hydrogen) atoms. The number of benzene rings is 1. The zero-order chi connectivity index (χ0) is 34.9. The van der Waals surface area contributed by atoms with Crippen molar-refractivity contribution in [2.75, 3.05) is 50.8 Å². The topological polar surface area (TPSA) is 117 Å². The van der Waals surface area contributed by atoms with Gasteiger partial charge >= 0.3 is 0 Å². The van der Waals surface area contributed by atoms with Crippen LogP contribution in [0.3, 0.4) is 0 Å². The number of halogens is 3. The Bertz CT molecular complexity index is 1570. The van der Waals surface area contributed by atoms with E-state index < -0.39 is 39.3 Å². The highest BCUT2D eigenvalue weighted by Crippen LogP contribution is 2.45. The molecule has 1 aromatic heterocycles. The SMILES string of the molecule is CCNS(=O)(=O)[C@@H]1CC[C@@H](CN2CCC3(CC2)CN(c2ncncc2Oc2ccc(F)cc2C(=O)N(C(C)C)C2CC(C(F)F)C2)C3)OC1. The van der Waals surface area contributed by atoms with Gasteiger partial charge in [0, 0.05) is 49.6 Å². The second-order valence-corrected chi connectivity index (χ2v) is 16.4. The Morgan fingerprint density at radius 3 is 2.53 bits per heavy atom. The van der Waals surface area contributed by atoms with Gasteiger partial charge in [0.15, 0.2) is 11.6 Å². The number of alkyl halides is 2. The molecule has 1 saturated carbocycles. The Labute approximate surface area is 286 Å². The molecule has 4 fully saturated rings. The van der Waals surface area contributed by atoms with Crippen LogP contribution in [0, 0.1) is 17.2 Å². The Balaban J connectivity index is 1.05. The first-order chi connectivity index (χ1) is 23.4. The molecule has 11 nitrogen and oxygen atoms in total. The van der Waals surface area contributed by atoms with E-state index in [4.69, 9.17) is 9.47 Å². The van der Waals surface area contributed by atoms with Gasteiger partial charge in [0.1, 0.15) is 17.9 Å². The standard InChI is InChI=1S/C34H47F3N6O5S/c1-4-40-49(45,46)27-7-6-26(47-18-27)17-41-11-9-34(10-12-41)19-42(20-34)32-30(16-38-21-39-32)48-29-8-5-24(35)15-28(29)33(44)43(22(2)3)25-13-23(14-25)31(36)37/h5,8,15-16,21-23,25-27,31,40H,4,6-7,9-14,17-20H2,1-3H3/t23?,25?,26-,27+/m0/s1. The Morgan fingerprint density at radius 1 is 1.16 bits per heavy atom. The number of ether oxygens (including phenoxy) is 2. The number of nitrogens with one attached hydrogen (secondary N) is 1. The number of amides is 1. The minimum absolute atomic E-state index is 0.0215. The van der Waals surface area contributed by atoms with E-state index in [1.54, 1.807) is 11.8 Å². The summed E-state index contributed by atoms with van der Waals surface area (Å²) >= 11 is 0. The quantitative estimate of drug-likeness (QED) is 0.335. The second-order valence-electron chi connectivity index (χ2n) is 14.3. The highest BCUT2D eigenvalue weighted by atomic mass is 32.2. The third kappa shape index (κ3) is 7.84. The molecule has 2 atom stereocenters. The Hall–Kier alpha value is -3.01. The molecule has 1 aromatic carbocycles. The van der Waals surface area contributed by atoms with Crippen LogP contribution in [-0.4, -0.2) is 110 Å². The Morgan fingerprint density at radius 2 is 1.90 bits per heavy atom. The number of hydrogen-bond acceptors (Lipinski definition) is 9. The molecule has 6 rings (SSSR count). The van der Waals surface area contributed by atoms with Gasteiger partial charge in [0.25, 0.3) is 5.91 Å².